The van der Waals surface area contributed by atoms with Crippen LogP contribution >= 0.6 is 0 Å². The van der Waals surface area contributed by atoms with Gasteiger partial charge >= 0.3 is 0 Å². The van der Waals surface area contributed by atoms with Crippen LogP contribution in [0.3, 0.4) is 0 Å². The Labute approximate surface area is 188 Å². The van der Waals surface area contributed by atoms with E-state index in [-0.39, 0.29) is 48.8 Å². The van der Waals surface area contributed by atoms with Gasteiger partial charge in [0.25, 0.3) is 5.70 Å². The SMILES string of the molecule is [2H]C([2H])F.[C-]#[N+]C1=C(/C=C/c2ccc(N=[N+]=[N-])c(F)c2)C(C)(C)O/C1=C(\C#N)[N+]#[C-].[CH3-].[V]. The van der Waals surface area contributed by atoms with Gasteiger partial charge in [0.05, 0.1) is 34.8 Å². The van der Waals surface area contributed by atoms with Crippen molar-refractivity contribution in [3.63, 3.8) is 0 Å². The number of rotatable bonds is 3. The number of hydrogen-bond donors (Lipinski definition) is 0. The summed E-state index contributed by atoms with van der Waals surface area (Å²) in [4.78, 5) is 9.04. The molecule has 0 saturated heterocycles. The summed E-state index contributed by atoms with van der Waals surface area (Å²) in [5.74, 6) is -0.723. The summed E-state index contributed by atoms with van der Waals surface area (Å²) < 4.78 is 41.0. The molecule has 2 rings (SSSR count). The van der Waals surface area contributed by atoms with E-state index in [1.807, 2.05) is 0 Å². The molecule has 0 N–H and O–H groups in total. The van der Waals surface area contributed by atoms with Crippen molar-refractivity contribution in [2.24, 2.45) is 5.11 Å². The second kappa shape index (κ2) is 12.8. The fraction of sp³-hybridized carbons (Fsp3) is 0.200. The molecule has 1 aromatic carbocycles. The average Bonchev–Trinajstić information content (AvgIpc) is 2.92. The Morgan fingerprint density at radius 1 is 1.40 bits per heavy atom. The molecule has 1 aliphatic rings. The Kier molecular flexibility index (Phi) is 10.5. The van der Waals surface area contributed by atoms with Gasteiger partial charge in [0.1, 0.15) is 17.2 Å². The molecule has 0 atom stereocenters. The van der Waals surface area contributed by atoms with E-state index in [4.69, 9.17) is 31.4 Å². The summed E-state index contributed by atoms with van der Waals surface area (Å²) in [7, 11) is -2.17. The second-order valence-electron chi connectivity index (χ2n) is 5.62. The largest absolute Gasteiger partial charge is 0.505 e. The summed E-state index contributed by atoms with van der Waals surface area (Å²) in [5.41, 5.74) is 8.05. The smallest absolute Gasteiger partial charge is 0.292 e. The molecular weight excluding hydrogens is 429 g/mol. The maximum atomic E-state index is 13.8. The third-order valence-corrected chi connectivity index (χ3v) is 3.59. The number of allylic oxidation sites excluding steroid dienone is 1. The summed E-state index contributed by atoms with van der Waals surface area (Å²) in [5, 5.41) is 12.3. The number of benzene rings is 1. The molecule has 0 bridgehead atoms. The molecule has 7 nitrogen and oxygen atoms in total. The zero-order chi connectivity index (χ0) is 22.9. The van der Waals surface area contributed by atoms with Gasteiger partial charge in [0.2, 0.25) is 5.70 Å². The topological polar surface area (TPSA) is 90.5 Å². The van der Waals surface area contributed by atoms with Crippen LogP contribution in [0.1, 0.15) is 22.2 Å². The van der Waals surface area contributed by atoms with Gasteiger partial charge in [-0.15, -0.1) is 0 Å². The molecule has 1 heterocycles. The van der Waals surface area contributed by atoms with Gasteiger partial charge in [-0.05, 0) is 37.1 Å². The molecule has 0 aliphatic carbocycles. The number of azide groups is 1. The Morgan fingerprint density at radius 3 is 2.50 bits per heavy atom. The molecule has 10 heteroatoms. The first-order valence-electron chi connectivity index (χ1n) is 8.61. The standard InChI is InChI=1S/C18H11FN6O.CH3F.CH3.V/c1-18(2)12(16(23-4)17(26-18)15(10-20)22-3)7-5-11-6-8-14(24-25-21)13(19)9-11;1-2;;/h5-9H,1-2H3;1H3;1H3;/q;;-1;/b7-5+,17-15+;;;/i;1D2;;. The van der Waals surface area contributed by atoms with E-state index < -0.39 is 18.5 Å². The fourth-order valence-corrected chi connectivity index (χ4v) is 2.38. The third kappa shape index (κ3) is 6.24. The van der Waals surface area contributed by atoms with E-state index >= 15 is 0 Å². The van der Waals surface area contributed by atoms with Crippen LogP contribution in [0.4, 0.5) is 14.5 Å². The van der Waals surface area contributed by atoms with Crippen molar-refractivity contribution < 1.29 is 34.8 Å². The van der Waals surface area contributed by atoms with Crippen molar-refractivity contribution in [1.82, 2.24) is 0 Å². The van der Waals surface area contributed by atoms with Gasteiger partial charge in [-0.1, -0.05) is 23.3 Å². The van der Waals surface area contributed by atoms with Crippen LogP contribution < -0.4 is 0 Å². The number of nitrogens with zero attached hydrogens (tertiary/aromatic N) is 6. The summed E-state index contributed by atoms with van der Waals surface area (Å²) >= 11 is 0. The Morgan fingerprint density at radius 2 is 2.03 bits per heavy atom. The van der Waals surface area contributed by atoms with Crippen LogP contribution in [0.25, 0.3) is 26.2 Å². The van der Waals surface area contributed by atoms with E-state index in [0.717, 1.165) is 0 Å². The molecule has 0 spiro atoms. The van der Waals surface area contributed by atoms with Gasteiger partial charge in [-0.2, -0.15) is 0 Å². The minimum atomic E-state index is -2.17. The predicted molar refractivity (Wildman–Crippen MR) is 106 cm³/mol. The summed E-state index contributed by atoms with van der Waals surface area (Å²) in [6.07, 6.45) is 3.16. The number of hydrogen-bond acceptors (Lipinski definition) is 3. The molecular formula is C20H17F2N6OV-. The van der Waals surface area contributed by atoms with Crippen LogP contribution in [0, 0.1) is 37.7 Å². The second-order valence-corrected chi connectivity index (χ2v) is 5.62. The van der Waals surface area contributed by atoms with E-state index in [0.29, 0.717) is 11.1 Å². The first-order valence-corrected chi connectivity index (χ1v) is 7.46. The summed E-state index contributed by atoms with van der Waals surface area (Å²) in [6, 6.07) is 5.81. The molecule has 30 heavy (non-hydrogen) atoms. The van der Waals surface area contributed by atoms with Gasteiger partial charge in [-0.3, -0.25) is 4.39 Å². The minimum absolute atomic E-state index is 0. The number of alkyl halides is 1. The minimum Gasteiger partial charge on any atom is -0.505 e. The fourth-order valence-electron chi connectivity index (χ4n) is 2.38. The average molecular weight is 448 g/mol. The molecule has 0 amide bonds. The molecule has 0 unspecified atom stereocenters. The molecule has 0 aromatic heterocycles. The molecule has 0 fully saturated rings. The van der Waals surface area contributed by atoms with Crippen molar-refractivity contribution in [3.05, 3.63) is 99.1 Å². The van der Waals surface area contributed by atoms with Crippen molar-refractivity contribution >= 4 is 11.8 Å². The van der Waals surface area contributed by atoms with E-state index in [9.17, 15) is 8.78 Å². The van der Waals surface area contributed by atoms with Crippen LogP contribution in [0.2, 0.25) is 0 Å². The summed E-state index contributed by atoms with van der Waals surface area (Å²) in [6.45, 7) is 17.8. The van der Waals surface area contributed by atoms with Crippen LogP contribution in [-0.4, -0.2) is 12.7 Å². The van der Waals surface area contributed by atoms with Gasteiger partial charge in [0.15, 0.2) is 0 Å². The van der Waals surface area contributed by atoms with Crippen LogP contribution in [-0.2, 0) is 23.3 Å². The Balaban J connectivity index is 0. The maximum Gasteiger partial charge on any atom is 0.292 e. The van der Waals surface area contributed by atoms with Gasteiger partial charge < -0.3 is 12.2 Å². The van der Waals surface area contributed by atoms with Gasteiger partial charge in [-0.25, -0.2) is 19.3 Å². The van der Waals surface area contributed by atoms with Crippen molar-refractivity contribution in [2.45, 2.75) is 19.4 Å². The molecule has 1 aromatic rings. The number of nitriles is 1. The third-order valence-electron chi connectivity index (χ3n) is 3.59. The van der Waals surface area contributed by atoms with E-state index in [1.54, 1.807) is 38.1 Å². The molecule has 0 saturated carbocycles. The van der Waals surface area contributed by atoms with Crippen LogP contribution in [0.5, 0.6) is 0 Å². The van der Waals surface area contributed by atoms with Crippen molar-refractivity contribution in [1.29, 1.82) is 5.26 Å². The van der Waals surface area contributed by atoms with Gasteiger partial charge in [0, 0.05) is 29.0 Å². The zero-order valence-corrected chi connectivity index (χ0v) is 17.7. The first-order chi connectivity index (χ1) is 14.1. The Bertz CT molecular complexity index is 1090. The maximum absolute atomic E-state index is 13.8. The van der Waals surface area contributed by atoms with Crippen LogP contribution in [0.15, 0.2) is 52.1 Å². The quantitative estimate of drug-likeness (QED) is 0.175. The zero-order valence-electron chi connectivity index (χ0n) is 18.3. The van der Waals surface area contributed by atoms with E-state index in [2.05, 4.69) is 19.7 Å². The molecule has 153 valence electrons. The monoisotopic (exact) mass is 448 g/mol. The number of halogens is 2. The van der Waals surface area contributed by atoms with Crippen molar-refractivity contribution in [2.75, 3.05) is 7.13 Å². The first kappa shape index (κ1) is 24.5. The van der Waals surface area contributed by atoms with E-state index in [1.165, 1.54) is 12.1 Å². The van der Waals surface area contributed by atoms with Crippen molar-refractivity contribution in [3.8, 4) is 6.07 Å². The molecule has 1 radical (unpaired) electrons. The Hall–Kier alpha value is -3.54. The number of ether oxygens (including phenoxy) is 1. The normalized spacial score (nSPS) is 15.9. The predicted octanol–water partition coefficient (Wildman–Crippen LogP) is 6.45. The molecule has 1 aliphatic heterocycles.